The van der Waals surface area contributed by atoms with Crippen molar-refractivity contribution < 1.29 is 53.1 Å². The van der Waals surface area contributed by atoms with E-state index in [0.717, 1.165) is 0 Å². The fraction of sp³-hybridized carbons (Fsp3) is 0.629. The highest BCUT2D eigenvalue weighted by Crippen LogP contribution is 2.11. The van der Waals surface area contributed by atoms with Gasteiger partial charge in [-0.05, 0) is 25.7 Å². The van der Waals surface area contributed by atoms with E-state index in [0.29, 0.717) is 12.1 Å². The Labute approximate surface area is 352 Å². The Kier molecular flexibility index (Phi) is 22.0. The summed E-state index contributed by atoms with van der Waals surface area (Å²) in [4.78, 5) is 134. The van der Waals surface area contributed by atoms with Gasteiger partial charge in [0.05, 0.1) is 12.7 Å². The fourth-order valence-corrected chi connectivity index (χ4v) is 5.73. The summed E-state index contributed by atoms with van der Waals surface area (Å²) in [7, 11) is 0. The van der Waals surface area contributed by atoms with Crippen molar-refractivity contribution in [3.8, 4) is 0 Å². The smallest absolute Gasteiger partial charge is 0.305 e. The third kappa shape index (κ3) is 17.6. The fourth-order valence-electron chi connectivity index (χ4n) is 5.20. The quantitative estimate of drug-likeness (QED) is 0.0425. The second-order valence-corrected chi connectivity index (χ2v) is 14.9. The number of imidazole rings is 1. The van der Waals surface area contributed by atoms with Crippen LogP contribution in [0.2, 0.25) is 0 Å². The Morgan fingerprint density at radius 1 is 0.661 bits per heavy atom. The molecule has 0 unspecified atom stereocenters. The van der Waals surface area contributed by atoms with Crippen LogP contribution in [-0.4, -0.2) is 134 Å². The van der Waals surface area contributed by atoms with E-state index in [1.807, 2.05) is 0 Å². The number of primary amides is 1. The number of aromatic amines is 1. The summed E-state index contributed by atoms with van der Waals surface area (Å²) >= 11 is 8.04. The van der Waals surface area contributed by atoms with E-state index >= 15 is 0 Å². The van der Waals surface area contributed by atoms with Gasteiger partial charge in [-0.15, -0.1) is 0 Å². The molecule has 0 aliphatic rings. The minimum Gasteiger partial charge on any atom is -0.481 e. The standard InChI is InChI=1S/C35H57N11O11S2/c1-8-16(4)27(35(57)44-23(12-58)28(36)50)46-32(54)22(10-25(48)49)43-34(56)26(15(2)3)45-30(52)18(6)39-31(53)21(9-20-11-37-14-38-20)42-29(51)17(5)40-33(55)24(13-59)41-19(7)47/h11,14-18,21-24,26-27,58-59H,8-10,12-13H2,1-7H3,(H2,36,50)(H,37,38)(H,39,53)(H,40,55)(H,41,47)(H,42,51)(H,43,56)(H,44,57)(H,45,52)(H,46,54)(H,48,49)/t16-,17-,18-,21-,22-,23-,24-,26-,27-/m0/s1. The van der Waals surface area contributed by atoms with E-state index in [9.17, 15) is 53.1 Å². The maximum Gasteiger partial charge on any atom is 0.305 e. The Morgan fingerprint density at radius 2 is 1.14 bits per heavy atom. The van der Waals surface area contributed by atoms with Gasteiger partial charge in [0.1, 0.15) is 48.3 Å². The number of hydrogen-bond donors (Lipinski definition) is 13. The molecule has 330 valence electrons. The van der Waals surface area contributed by atoms with Crippen LogP contribution in [0.25, 0.3) is 0 Å². The van der Waals surface area contributed by atoms with Crippen LogP contribution < -0.4 is 48.3 Å². The topological polar surface area (TPSA) is 342 Å². The van der Waals surface area contributed by atoms with Crippen molar-refractivity contribution >= 4 is 84.4 Å². The number of carboxylic acid groups (broad SMARTS) is 1. The molecule has 0 radical (unpaired) electrons. The van der Waals surface area contributed by atoms with Crippen LogP contribution in [0, 0.1) is 11.8 Å². The Bertz CT molecular complexity index is 1660. The first-order valence-corrected chi connectivity index (χ1v) is 19.9. The van der Waals surface area contributed by atoms with Gasteiger partial charge in [0.25, 0.3) is 0 Å². The van der Waals surface area contributed by atoms with Crippen molar-refractivity contribution in [3.05, 3.63) is 18.2 Å². The molecule has 1 rings (SSSR count). The van der Waals surface area contributed by atoms with Gasteiger partial charge in [0.2, 0.25) is 53.2 Å². The van der Waals surface area contributed by atoms with Crippen molar-refractivity contribution in [2.24, 2.45) is 17.6 Å². The first-order chi connectivity index (χ1) is 27.6. The number of amides is 9. The van der Waals surface area contributed by atoms with Gasteiger partial charge >= 0.3 is 5.97 Å². The molecule has 1 heterocycles. The van der Waals surface area contributed by atoms with Gasteiger partial charge < -0.3 is 58.4 Å². The van der Waals surface area contributed by atoms with Gasteiger partial charge in [0, 0.05) is 36.7 Å². The second kappa shape index (κ2) is 25.2. The van der Waals surface area contributed by atoms with E-state index in [2.05, 4.69) is 77.8 Å². The number of rotatable bonds is 25. The van der Waals surface area contributed by atoms with Crippen molar-refractivity contribution in [2.45, 2.75) is 116 Å². The average molecular weight is 872 g/mol. The molecule has 0 aromatic carbocycles. The maximum absolute atomic E-state index is 13.6. The number of H-pyrrole nitrogens is 1. The lowest BCUT2D eigenvalue weighted by molar-refractivity contribution is -0.142. The molecule has 12 N–H and O–H groups in total. The summed E-state index contributed by atoms with van der Waals surface area (Å²) in [5.74, 6) is -10.1. The maximum atomic E-state index is 13.6. The van der Waals surface area contributed by atoms with E-state index < -0.39 is 126 Å². The largest absolute Gasteiger partial charge is 0.481 e. The second-order valence-electron chi connectivity index (χ2n) is 14.1. The Morgan fingerprint density at radius 3 is 1.59 bits per heavy atom. The van der Waals surface area contributed by atoms with Crippen molar-refractivity contribution in [1.29, 1.82) is 0 Å². The Hall–Kier alpha value is -5.39. The van der Waals surface area contributed by atoms with E-state index in [1.165, 1.54) is 33.3 Å². The molecule has 0 fully saturated rings. The highest BCUT2D eigenvalue weighted by molar-refractivity contribution is 7.80. The molecule has 0 bridgehead atoms. The molecule has 0 aliphatic heterocycles. The number of carboxylic acids is 1. The zero-order valence-electron chi connectivity index (χ0n) is 33.9. The van der Waals surface area contributed by atoms with Gasteiger partial charge in [-0.1, -0.05) is 34.1 Å². The molecular weight excluding hydrogens is 815 g/mol. The van der Waals surface area contributed by atoms with E-state index in [1.54, 1.807) is 27.7 Å². The monoisotopic (exact) mass is 871 g/mol. The van der Waals surface area contributed by atoms with E-state index in [4.69, 9.17) is 5.73 Å². The van der Waals surface area contributed by atoms with Crippen LogP contribution in [0.15, 0.2) is 12.5 Å². The highest BCUT2D eigenvalue weighted by atomic mass is 32.1. The van der Waals surface area contributed by atoms with Crippen LogP contribution in [0.1, 0.15) is 67.0 Å². The zero-order chi connectivity index (χ0) is 45.1. The van der Waals surface area contributed by atoms with Crippen LogP contribution in [0.3, 0.4) is 0 Å². The molecule has 1 aromatic rings. The number of carbonyl (C=O) groups is 10. The number of aliphatic carboxylic acids is 1. The number of nitrogens with zero attached hydrogens (tertiary/aromatic N) is 1. The van der Waals surface area contributed by atoms with Gasteiger partial charge in [-0.3, -0.25) is 47.9 Å². The summed E-state index contributed by atoms with van der Waals surface area (Å²) in [6.07, 6.45) is 2.10. The average Bonchev–Trinajstić information content (AvgIpc) is 3.68. The SMILES string of the molecule is CC[C@H](C)[C@H](NC(=O)[C@H](CC(=O)O)NC(=O)[C@@H](NC(=O)[C@H](C)NC(=O)[C@H](Cc1cnc[nH]1)NC(=O)[C@H](C)NC(=O)[C@H](CS)NC(C)=O)C(C)C)C(=O)N[C@@H](CS)C(N)=O. The molecule has 0 saturated heterocycles. The molecular formula is C35H57N11O11S2. The lowest BCUT2D eigenvalue weighted by Gasteiger charge is -2.29. The molecule has 22 nitrogen and oxygen atoms in total. The molecule has 0 saturated carbocycles. The molecule has 24 heteroatoms. The Balaban J connectivity index is 3.16. The van der Waals surface area contributed by atoms with Crippen LogP contribution in [0.4, 0.5) is 0 Å². The molecule has 9 amide bonds. The van der Waals surface area contributed by atoms with Crippen LogP contribution in [-0.2, 0) is 54.4 Å². The third-order valence-electron chi connectivity index (χ3n) is 8.89. The zero-order valence-corrected chi connectivity index (χ0v) is 35.7. The van der Waals surface area contributed by atoms with Gasteiger partial charge in [-0.2, -0.15) is 25.3 Å². The number of thiol groups is 2. The minimum absolute atomic E-state index is 0.0562. The lowest BCUT2D eigenvalue weighted by atomic mass is 9.97. The molecule has 59 heavy (non-hydrogen) atoms. The summed E-state index contributed by atoms with van der Waals surface area (Å²) in [6, 6.07) is -10.4. The first kappa shape index (κ1) is 51.6. The van der Waals surface area contributed by atoms with Crippen LogP contribution >= 0.6 is 25.3 Å². The predicted molar refractivity (Wildman–Crippen MR) is 218 cm³/mol. The summed E-state index contributed by atoms with van der Waals surface area (Å²) in [5.41, 5.74) is 5.73. The number of nitrogens with two attached hydrogens (primary N) is 1. The summed E-state index contributed by atoms with van der Waals surface area (Å²) < 4.78 is 0. The number of nitrogens with one attached hydrogen (secondary N) is 9. The number of carbonyl (C=O) groups excluding carboxylic acids is 9. The predicted octanol–water partition coefficient (Wildman–Crippen LogP) is -3.59. The van der Waals surface area contributed by atoms with Gasteiger partial charge in [0.15, 0.2) is 0 Å². The highest BCUT2D eigenvalue weighted by Gasteiger charge is 2.36. The van der Waals surface area contributed by atoms with Crippen molar-refractivity contribution in [1.82, 2.24) is 52.5 Å². The lowest BCUT2D eigenvalue weighted by Crippen LogP contribution is -2.61. The van der Waals surface area contributed by atoms with Crippen LogP contribution in [0.5, 0.6) is 0 Å². The van der Waals surface area contributed by atoms with Crippen molar-refractivity contribution in [3.63, 3.8) is 0 Å². The third-order valence-corrected chi connectivity index (χ3v) is 9.62. The molecule has 1 aromatic heterocycles. The van der Waals surface area contributed by atoms with Crippen molar-refractivity contribution in [2.75, 3.05) is 11.5 Å². The van der Waals surface area contributed by atoms with Gasteiger partial charge in [-0.25, -0.2) is 4.98 Å². The molecule has 0 aliphatic carbocycles. The first-order valence-electron chi connectivity index (χ1n) is 18.7. The number of hydrogen-bond acceptors (Lipinski definition) is 13. The summed E-state index contributed by atoms with van der Waals surface area (Å²) in [5, 5.41) is 29.1. The molecule has 9 atom stereocenters. The number of aromatic nitrogens is 2. The normalized spacial score (nSPS) is 15.6. The minimum atomic E-state index is -1.72. The summed E-state index contributed by atoms with van der Waals surface area (Å²) in [6.45, 7) is 10.3. The van der Waals surface area contributed by atoms with E-state index in [-0.39, 0.29) is 17.9 Å². The molecule has 0 spiro atoms.